The van der Waals surface area contributed by atoms with Gasteiger partial charge in [0, 0.05) is 0 Å². The van der Waals surface area contributed by atoms with Crippen molar-refractivity contribution in [3.8, 4) is 0 Å². The van der Waals surface area contributed by atoms with Crippen LogP contribution >= 0.6 is 0 Å². The second-order valence-electron chi connectivity index (χ2n) is 4.31. The summed E-state index contributed by atoms with van der Waals surface area (Å²) in [7, 11) is 0. The maximum Gasteiger partial charge on any atom is 1.00 e. The summed E-state index contributed by atoms with van der Waals surface area (Å²) < 4.78 is 0. The fourth-order valence-electron chi connectivity index (χ4n) is 0.984. The first-order valence-corrected chi connectivity index (χ1v) is 6.09. The molecule has 0 bridgehead atoms. The number of rotatable bonds is 8. The molecule has 0 aliphatic heterocycles. The van der Waals surface area contributed by atoms with Crippen LogP contribution in [-0.4, -0.2) is 99.8 Å². The normalized spacial score (nSPS) is 11.5. The van der Waals surface area contributed by atoms with Gasteiger partial charge in [-0.2, -0.15) is 0 Å². The van der Waals surface area contributed by atoms with Crippen LogP contribution in [0.2, 0.25) is 0 Å². The molecule has 17 heteroatoms. The van der Waals surface area contributed by atoms with Crippen molar-refractivity contribution in [3.05, 3.63) is 0 Å². The van der Waals surface area contributed by atoms with Gasteiger partial charge in [0.15, 0.2) is 17.8 Å². The number of carbonyl (C=O) groups is 6. The van der Waals surface area contributed by atoms with Gasteiger partial charge in [-0.15, -0.1) is 0 Å². The Morgan fingerprint density at radius 1 is 0.714 bits per heavy atom. The monoisotopic (exact) mass is 426 g/mol. The van der Waals surface area contributed by atoms with Crippen molar-refractivity contribution in [2.45, 2.75) is 30.7 Å². The molecule has 2 atom stereocenters. The molecular formula is C11H15NaO16. The molecular weight excluding hydrogens is 411 g/mol. The SMILES string of the molecule is O=C(O)C(O)C(O)C(=O)O.O=C(O)CC(O)(CC(=O)O)C(=O)O.O=C([O-])O.[Na+]. The van der Waals surface area contributed by atoms with Crippen LogP contribution < -0.4 is 34.7 Å². The molecule has 0 saturated carbocycles. The molecule has 2 unspecified atom stereocenters. The Morgan fingerprint density at radius 3 is 1.04 bits per heavy atom. The van der Waals surface area contributed by atoms with Crippen molar-refractivity contribution in [1.29, 1.82) is 0 Å². The van der Waals surface area contributed by atoms with Crippen molar-refractivity contribution in [3.63, 3.8) is 0 Å². The minimum absolute atomic E-state index is 0. The zero-order valence-electron chi connectivity index (χ0n) is 14.0. The number of aliphatic carboxylic acids is 5. The topological polar surface area (TPSA) is 308 Å². The van der Waals surface area contributed by atoms with Gasteiger partial charge in [-0.25, -0.2) is 14.4 Å². The summed E-state index contributed by atoms with van der Waals surface area (Å²) in [5, 5.41) is 81.6. The van der Waals surface area contributed by atoms with E-state index >= 15 is 0 Å². The number of carboxylic acids is 5. The number of carboxylic acid groups (broad SMARTS) is 7. The standard InChI is InChI=1S/C6H8O7.C4H6O6.CH2O3.Na/c7-3(8)1-6(13,5(11)12)2-4(9)10;5-1(3(7)8)2(6)4(9)10;2-1(3)4;/h13H,1-2H2,(H,7,8)(H,9,10)(H,11,12);1-2,5-6H,(H,7,8)(H,9,10);(H2,2,3,4);/q;;;+1/p-1. The Bertz CT molecular complexity index is 533. The molecule has 0 amide bonds. The molecule has 9 N–H and O–H groups in total. The van der Waals surface area contributed by atoms with Crippen LogP contribution in [0.25, 0.3) is 0 Å². The molecule has 0 fully saturated rings. The Kier molecular flexibility index (Phi) is 18.4. The zero-order valence-corrected chi connectivity index (χ0v) is 16.0. The van der Waals surface area contributed by atoms with Crippen LogP contribution in [0.1, 0.15) is 12.8 Å². The molecule has 0 heterocycles. The van der Waals surface area contributed by atoms with Crippen molar-refractivity contribution < 1.29 is 109 Å². The maximum absolute atomic E-state index is 10.3. The summed E-state index contributed by atoms with van der Waals surface area (Å²) in [5.41, 5.74) is -2.74. The van der Waals surface area contributed by atoms with Gasteiger partial charge in [-0.05, 0) is 0 Å². The number of aliphatic hydroxyl groups is 3. The van der Waals surface area contributed by atoms with Gasteiger partial charge in [0.2, 0.25) is 6.16 Å². The van der Waals surface area contributed by atoms with E-state index in [9.17, 15) is 24.0 Å². The summed E-state index contributed by atoms with van der Waals surface area (Å²) >= 11 is 0. The smallest absolute Gasteiger partial charge is 0.565 e. The quantitative estimate of drug-likeness (QED) is 0.163. The summed E-state index contributed by atoms with van der Waals surface area (Å²) in [6.07, 6.45) is -8.90. The van der Waals surface area contributed by atoms with E-state index in [1.807, 2.05) is 0 Å². The molecule has 0 aliphatic rings. The van der Waals surface area contributed by atoms with Gasteiger partial charge in [-0.3, -0.25) is 9.59 Å². The molecule has 0 saturated heterocycles. The average Bonchev–Trinajstić information content (AvgIpc) is 2.43. The molecule has 0 spiro atoms. The van der Waals surface area contributed by atoms with Gasteiger partial charge in [0.1, 0.15) is 0 Å². The van der Waals surface area contributed by atoms with E-state index in [1.54, 1.807) is 0 Å². The first-order valence-electron chi connectivity index (χ1n) is 6.09. The second-order valence-corrected chi connectivity index (χ2v) is 4.31. The first kappa shape index (κ1) is 33.1. The fourth-order valence-corrected chi connectivity index (χ4v) is 0.984. The van der Waals surface area contributed by atoms with Gasteiger partial charge in [0.05, 0.1) is 12.8 Å². The van der Waals surface area contributed by atoms with Gasteiger partial charge in [-0.1, -0.05) is 0 Å². The third-order valence-corrected chi connectivity index (χ3v) is 2.09. The van der Waals surface area contributed by atoms with Crippen molar-refractivity contribution in [2.24, 2.45) is 0 Å². The van der Waals surface area contributed by atoms with E-state index in [1.165, 1.54) is 0 Å². The van der Waals surface area contributed by atoms with E-state index < -0.39 is 66.7 Å². The van der Waals surface area contributed by atoms with Crippen LogP contribution in [0.3, 0.4) is 0 Å². The predicted molar refractivity (Wildman–Crippen MR) is 72.4 cm³/mol. The van der Waals surface area contributed by atoms with Crippen molar-refractivity contribution >= 4 is 36.0 Å². The van der Waals surface area contributed by atoms with E-state index in [0.29, 0.717) is 0 Å². The number of hydrogen-bond acceptors (Lipinski definition) is 10. The van der Waals surface area contributed by atoms with Crippen molar-refractivity contribution in [2.75, 3.05) is 0 Å². The molecule has 0 rings (SSSR count). The van der Waals surface area contributed by atoms with Crippen molar-refractivity contribution in [1.82, 2.24) is 0 Å². The average molecular weight is 426 g/mol. The van der Waals surface area contributed by atoms with Crippen LogP contribution in [-0.2, 0) is 24.0 Å². The third-order valence-electron chi connectivity index (χ3n) is 2.09. The van der Waals surface area contributed by atoms with Gasteiger partial charge in [0.25, 0.3) is 0 Å². The van der Waals surface area contributed by atoms with E-state index in [-0.39, 0.29) is 29.6 Å². The van der Waals surface area contributed by atoms with E-state index in [4.69, 9.17) is 55.9 Å². The third kappa shape index (κ3) is 18.3. The Labute approximate surface area is 176 Å². The Morgan fingerprint density at radius 2 is 0.929 bits per heavy atom. The molecule has 28 heavy (non-hydrogen) atoms. The summed E-state index contributed by atoms with van der Waals surface area (Å²) in [6.45, 7) is 0. The van der Waals surface area contributed by atoms with Crippen LogP contribution in [0, 0.1) is 0 Å². The summed E-state index contributed by atoms with van der Waals surface area (Å²) in [5.74, 6) is -8.56. The fraction of sp³-hybridized carbons (Fsp3) is 0.455. The molecule has 156 valence electrons. The Balaban J connectivity index is -0.000000171. The second kappa shape index (κ2) is 15.5. The zero-order chi connectivity index (χ0) is 22.5. The summed E-state index contributed by atoms with van der Waals surface area (Å²) in [4.78, 5) is 58.5. The molecule has 16 nitrogen and oxygen atoms in total. The van der Waals surface area contributed by atoms with Crippen LogP contribution in [0.5, 0.6) is 0 Å². The Hall–Kier alpha value is -2.50. The van der Waals surface area contributed by atoms with Crippen LogP contribution in [0.4, 0.5) is 4.79 Å². The minimum atomic E-state index is -2.74. The first-order chi connectivity index (χ1) is 12.0. The predicted octanol–water partition coefficient (Wildman–Crippen LogP) is -7.48. The number of hydrogen-bond donors (Lipinski definition) is 9. The molecule has 0 aromatic rings. The summed E-state index contributed by atoms with van der Waals surface area (Å²) in [6, 6.07) is 0. The molecule has 0 aromatic carbocycles. The van der Waals surface area contributed by atoms with E-state index in [2.05, 4.69) is 0 Å². The molecule has 0 aliphatic carbocycles. The maximum atomic E-state index is 10.3. The molecule has 0 radical (unpaired) electrons. The largest absolute Gasteiger partial charge is 1.00 e. The number of aliphatic hydroxyl groups excluding tert-OH is 2. The van der Waals surface area contributed by atoms with E-state index in [0.717, 1.165) is 0 Å². The van der Waals surface area contributed by atoms with Crippen LogP contribution in [0.15, 0.2) is 0 Å². The van der Waals surface area contributed by atoms with Gasteiger partial charge >= 0.3 is 59.4 Å². The molecule has 0 aromatic heterocycles. The van der Waals surface area contributed by atoms with Gasteiger partial charge < -0.3 is 55.9 Å². The minimum Gasteiger partial charge on any atom is -0.565 e.